The maximum atomic E-state index is 4.49. The lowest BCUT2D eigenvalue weighted by Crippen LogP contribution is -2.02. The highest BCUT2D eigenvalue weighted by molar-refractivity contribution is 5.35. The molecule has 0 bridgehead atoms. The van der Waals surface area contributed by atoms with Crippen LogP contribution in [0.15, 0.2) is 18.2 Å². The van der Waals surface area contributed by atoms with Crippen molar-refractivity contribution in [3.8, 4) is 0 Å². The number of rotatable bonds is 4. The van der Waals surface area contributed by atoms with E-state index in [-0.39, 0.29) is 0 Å². The van der Waals surface area contributed by atoms with Gasteiger partial charge in [-0.15, -0.1) is 0 Å². The molecule has 1 rings (SSSR count). The molecule has 2 heteroatoms. The number of hydrogen-bond donors (Lipinski definition) is 1. The summed E-state index contributed by atoms with van der Waals surface area (Å²) in [5.74, 6) is 1.66. The fourth-order valence-electron chi connectivity index (χ4n) is 1.29. The van der Waals surface area contributed by atoms with Crippen LogP contribution in [0.2, 0.25) is 0 Å². The van der Waals surface area contributed by atoms with Gasteiger partial charge in [0.2, 0.25) is 0 Å². The zero-order valence-electron chi connectivity index (χ0n) is 8.67. The summed E-state index contributed by atoms with van der Waals surface area (Å²) in [6, 6.07) is 6.15. The van der Waals surface area contributed by atoms with Crippen molar-refractivity contribution in [1.82, 2.24) is 4.98 Å². The first-order chi connectivity index (χ1) is 6.22. The molecule has 0 aliphatic carbocycles. The Morgan fingerprint density at radius 2 is 2.15 bits per heavy atom. The van der Waals surface area contributed by atoms with Gasteiger partial charge < -0.3 is 5.32 Å². The molecule has 0 aromatic carbocycles. The summed E-state index contributed by atoms with van der Waals surface area (Å²) in [6.45, 7) is 7.43. The molecule has 72 valence electrons. The Morgan fingerprint density at radius 3 is 2.77 bits per heavy atom. The SMILES string of the molecule is CCNc1cccc(CC(C)C)n1. The molecule has 1 heterocycles. The molecular weight excluding hydrogens is 160 g/mol. The second kappa shape index (κ2) is 4.85. The average Bonchev–Trinajstić information content (AvgIpc) is 2.04. The summed E-state index contributed by atoms with van der Waals surface area (Å²) in [7, 11) is 0. The normalized spacial score (nSPS) is 10.5. The topological polar surface area (TPSA) is 24.9 Å². The van der Waals surface area contributed by atoms with Crippen LogP contribution in [0.25, 0.3) is 0 Å². The third-order valence-corrected chi connectivity index (χ3v) is 1.78. The summed E-state index contributed by atoms with van der Waals surface area (Å²) in [5.41, 5.74) is 1.17. The van der Waals surface area contributed by atoms with Gasteiger partial charge in [0.25, 0.3) is 0 Å². The van der Waals surface area contributed by atoms with Crippen LogP contribution < -0.4 is 5.32 Å². The van der Waals surface area contributed by atoms with Gasteiger partial charge >= 0.3 is 0 Å². The lowest BCUT2D eigenvalue weighted by Gasteiger charge is -2.06. The summed E-state index contributed by atoms with van der Waals surface area (Å²) >= 11 is 0. The van der Waals surface area contributed by atoms with E-state index in [0.29, 0.717) is 5.92 Å². The Labute approximate surface area is 80.4 Å². The van der Waals surface area contributed by atoms with E-state index in [4.69, 9.17) is 0 Å². The molecule has 1 N–H and O–H groups in total. The third-order valence-electron chi connectivity index (χ3n) is 1.78. The first-order valence-corrected chi connectivity index (χ1v) is 4.92. The fourth-order valence-corrected chi connectivity index (χ4v) is 1.29. The number of hydrogen-bond acceptors (Lipinski definition) is 2. The third kappa shape index (κ3) is 3.45. The zero-order chi connectivity index (χ0) is 9.68. The van der Waals surface area contributed by atoms with Gasteiger partial charge in [-0.05, 0) is 31.4 Å². The van der Waals surface area contributed by atoms with E-state index >= 15 is 0 Å². The van der Waals surface area contributed by atoms with Crippen LogP contribution in [0.4, 0.5) is 5.82 Å². The minimum absolute atomic E-state index is 0.671. The first-order valence-electron chi connectivity index (χ1n) is 4.92. The molecule has 13 heavy (non-hydrogen) atoms. The van der Waals surface area contributed by atoms with Gasteiger partial charge in [0.05, 0.1) is 0 Å². The van der Waals surface area contributed by atoms with Crippen molar-refractivity contribution in [2.75, 3.05) is 11.9 Å². The molecule has 0 aliphatic heterocycles. The molecule has 0 fully saturated rings. The van der Waals surface area contributed by atoms with Crippen LogP contribution in [0, 0.1) is 5.92 Å². The van der Waals surface area contributed by atoms with Gasteiger partial charge in [-0.2, -0.15) is 0 Å². The molecule has 0 saturated carbocycles. The van der Waals surface area contributed by atoms with E-state index in [2.05, 4.69) is 43.2 Å². The number of nitrogens with zero attached hydrogens (tertiary/aromatic N) is 1. The standard InChI is InChI=1S/C11H18N2/c1-4-12-11-7-5-6-10(13-11)8-9(2)3/h5-7,9H,4,8H2,1-3H3,(H,12,13). The zero-order valence-corrected chi connectivity index (χ0v) is 8.67. The van der Waals surface area contributed by atoms with Gasteiger partial charge in [0.1, 0.15) is 5.82 Å². The summed E-state index contributed by atoms with van der Waals surface area (Å²) in [6.07, 6.45) is 1.05. The Morgan fingerprint density at radius 1 is 1.38 bits per heavy atom. The highest BCUT2D eigenvalue weighted by atomic mass is 15.0. The Balaban J connectivity index is 2.67. The summed E-state index contributed by atoms with van der Waals surface area (Å²) in [5, 5.41) is 3.21. The molecule has 0 atom stereocenters. The monoisotopic (exact) mass is 178 g/mol. The molecule has 1 aromatic heterocycles. The van der Waals surface area contributed by atoms with Gasteiger partial charge in [0.15, 0.2) is 0 Å². The molecule has 0 spiro atoms. The highest BCUT2D eigenvalue weighted by Gasteiger charge is 1.99. The molecule has 0 saturated heterocycles. The maximum absolute atomic E-state index is 4.49. The maximum Gasteiger partial charge on any atom is 0.126 e. The quantitative estimate of drug-likeness (QED) is 0.766. The Hall–Kier alpha value is -1.05. The van der Waals surface area contributed by atoms with Gasteiger partial charge in [-0.3, -0.25) is 0 Å². The van der Waals surface area contributed by atoms with Gasteiger partial charge in [-0.25, -0.2) is 4.98 Å². The Kier molecular flexibility index (Phi) is 3.74. The van der Waals surface area contributed by atoms with E-state index in [1.165, 1.54) is 5.69 Å². The van der Waals surface area contributed by atoms with E-state index in [9.17, 15) is 0 Å². The van der Waals surface area contributed by atoms with Crippen molar-refractivity contribution in [1.29, 1.82) is 0 Å². The molecule has 0 aliphatic rings. The van der Waals surface area contributed by atoms with Crippen molar-refractivity contribution in [3.05, 3.63) is 23.9 Å². The number of anilines is 1. The van der Waals surface area contributed by atoms with E-state index in [0.717, 1.165) is 18.8 Å². The number of nitrogens with one attached hydrogen (secondary N) is 1. The van der Waals surface area contributed by atoms with Crippen molar-refractivity contribution >= 4 is 5.82 Å². The van der Waals surface area contributed by atoms with Crippen LogP contribution >= 0.6 is 0 Å². The second-order valence-corrected chi connectivity index (χ2v) is 3.64. The van der Waals surface area contributed by atoms with Crippen molar-refractivity contribution in [2.45, 2.75) is 27.2 Å². The van der Waals surface area contributed by atoms with Crippen molar-refractivity contribution in [3.63, 3.8) is 0 Å². The molecule has 1 aromatic rings. The lowest BCUT2D eigenvalue weighted by atomic mass is 10.1. The highest BCUT2D eigenvalue weighted by Crippen LogP contribution is 2.08. The van der Waals surface area contributed by atoms with Crippen LogP contribution in [0.3, 0.4) is 0 Å². The van der Waals surface area contributed by atoms with Crippen LogP contribution in [0.5, 0.6) is 0 Å². The van der Waals surface area contributed by atoms with Crippen LogP contribution in [-0.2, 0) is 6.42 Å². The molecule has 0 unspecified atom stereocenters. The molecule has 2 nitrogen and oxygen atoms in total. The summed E-state index contributed by atoms with van der Waals surface area (Å²) in [4.78, 5) is 4.49. The fraction of sp³-hybridized carbons (Fsp3) is 0.545. The van der Waals surface area contributed by atoms with E-state index in [1.54, 1.807) is 0 Å². The van der Waals surface area contributed by atoms with E-state index in [1.807, 2.05) is 6.07 Å². The van der Waals surface area contributed by atoms with Crippen LogP contribution in [0.1, 0.15) is 26.5 Å². The largest absolute Gasteiger partial charge is 0.370 e. The predicted octanol–water partition coefficient (Wildman–Crippen LogP) is 2.71. The molecule has 0 radical (unpaired) electrons. The van der Waals surface area contributed by atoms with Crippen molar-refractivity contribution < 1.29 is 0 Å². The van der Waals surface area contributed by atoms with Gasteiger partial charge in [-0.1, -0.05) is 19.9 Å². The molecule has 0 amide bonds. The minimum Gasteiger partial charge on any atom is -0.370 e. The number of aromatic nitrogens is 1. The second-order valence-electron chi connectivity index (χ2n) is 3.64. The average molecular weight is 178 g/mol. The van der Waals surface area contributed by atoms with Crippen LogP contribution in [-0.4, -0.2) is 11.5 Å². The first kappa shape index (κ1) is 10.0. The minimum atomic E-state index is 0.671. The van der Waals surface area contributed by atoms with Gasteiger partial charge in [0, 0.05) is 12.2 Å². The number of pyridine rings is 1. The van der Waals surface area contributed by atoms with E-state index < -0.39 is 0 Å². The summed E-state index contributed by atoms with van der Waals surface area (Å²) < 4.78 is 0. The predicted molar refractivity (Wildman–Crippen MR) is 56.9 cm³/mol. The lowest BCUT2D eigenvalue weighted by molar-refractivity contribution is 0.636. The Bertz CT molecular complexity index is 256. The van der Waals surface area contributed by atoms with Crippen molar-refractivity contribution in [2.24, 2.45) is 5.92 Å². The smallest absolute Gasteiger partial charge is 0.126 e. The molecular formula is C11H18N2.